The molecule has 5 rings (SSSR count). The summed E-state index contributed by atoms with van der Waals surface area (Å²) in [5.74, 6) is -1.46. The molecule has 31 heavy (non-hydrogen) atoms. The van der Waals surface area contributed by atoms with Crippen molar-refractivity contribution in [3.8, 4) is 11.3 Å². The first-order chi connectivity index (χ1) is 15.1. The Hall–Kier alpha value is -4.03. The average Bonchev–Trinajstić information content (AvgIpc) is 3.26. The van der Waals surface area contributed by atoms with E-state index in [4.69, 9.17) is 0 Å². The van der Waals surface area contributed by atoms with E-state index in [1.54, 1.807) is 30.3 Å². The fourth-order valence-electron chi connectivity index (χ4n) is 3.69. The summed E-state index contributed by atoms with van der Waals surface area (Å²) >= 11 is 1.33. The number of carboxylic acid groups (broad SMARTS) is 1. The van der Waals surface area contributed by atoms with Crippen LogP contribution in [0.5, 0.6) is 0 Å². The molecule has 150 valence electrons. The Kier molecular flexibility index (Phi) is 4.69. The van der Waals surface area contributed by atoms with Gasteiger partial charge in [0, 0.05) is 21.9 Å². The molecule has 0 aliphatic heterocycles. The van der Waals surface area contributed by atoms with Crippen LogP contribution in [-0.2, 0) is 0 Å². The van der Waals surface area contributed by atoms with Gasteiger partial charge in [-0.1, -0.05) is 60.7 Å². The maximum Gasteiger partial charge on any atom is 0.336 e. The number of carbonyl (C=O) groups is 2. The summed E-state index contributed by atoms with van der Waals surface area (Å²) in [5.41, 5.74) is 2.14. The fourth-order valence-corrected chi connectivity index (χ4v) is 4.40. The van der Waals surface area contributed by atoms with Gasteiger partial charge in [-0.3, -0.25) is 10.1 Å². The first kappa shape index (κ1) is 19.0. The van der Waals surface area contributed by atoms with E-state index in [9.17, 15) is 14.7 Å². The monoisotopic (exact) mass is 424 g/mol. The number of aromatic carboxylic acids is 1. The van der Waals surface area contributed by atoms with Crippen molar-refractivity contribution in [2.75, 3.05) is 5.32 Å². The number of anilines is 1. The third-order valence-electron chi connectivity index (χ3n) is 5.15. The molecule has 5 aromatic rings. The minimum absolute atomic E-state index is 0.0965. The van der Waals surface area contributed by atoms with Crippen molar-refractivity contribution < 1.29 is 14.7 Å². The number of fused-ring (bicyclic) bond motifs is 2. The predicted octanol–water partition coefficient (Wildman–Crippen LogP) is 6.07. The zero-order chi connectivity index (χ0) is 21.4. The van der Waals surface area contributed by atoms with Gasteiger partial charge in [-0.15, -0.1) is 11.3 Å². The SMILES string of the molecule is O=C(O)c1cccc2cccc(C(=O)Nc3nc(-c4ccc5ccccc5c4)cs3)c12. The van der Waals surface area contributed by atoms with E-state index < -0.39 is 11.9 Å². The number of thiazole rings is 1. The average molecular weight is 424 g/mol. The lowest BCUT2D eigenvalue weighted by Crippen LogP contribution is -2.13. The van der Waals surface area contributed by atoms with Crippen molar-refractivity contribution in [2.24, 2.45) is 0 Å². The molecule has 0 bridgehead atoms. The summed E-state index contributed by atoms with van der Waals surface area (Å²) in [6, 6.07) is 24.4. The molecule has 6 heteroatoms. The minimum Gasteiger partial charge on any atom is -0.478 e. The molecule has 0 aliphatic rings. The van der Waals surface area contributed by atoms with Crippen LogP contribution in [0.4, 0.5) is 5.13 Å². The van der Waals surface area contributed by atoms with E-state index in [1.807, 2.05) is 29.6 Å². The van der Waals surface area contributed by atoms with Crippen LogP contribution < -0.4 is 5.32 Å². The van der Waals surface area contributed by atoms with Crippen molar-refractivity contribution >= 4 is 49.9 Å². The number of nitrogens with zero attached hydrogens (tertiary/aromatic N) is 1. The van der Waals surface area contributed by atoms with E-state index in [1.165, 1.54) is 17.4 Å². The van der Waals surface area contributed by atoms with Gasteiger partial charge in [0.25, 0.3) is 5.91 Å². The van der Waals surface area contributed by atoms with Crippen LogP contribution in [0.3, 0.4) is 0 Å². The zero-order valence-corrected chi connectivity index (χ0v) is 17.0. The number of hydrogen-bond donors (Lipinski definition) is 2. The molecule has 0 aliphatic carbocycles. The number of amides is 1. The largest absolute Gasteiger partial charge is 0.478 e. The number of hydrogen-bond acceptors (Lipinski definition) is 4. The van der Waals surface area contributed by atoms with Gasteiger partial charge in [0.15, 0.2) is 5.13 Å². The van der Waals surface area contributed by atoms with Crippen LogP contribution in [0, 0.1) is 0 Å². The van der Waals surface area contributed by atoms with Crippen molar-refractivity contribution in [1.29, 1.82) is 0 Å². The van der Waals surface area contributed by atoms with Crippen LogP contribution in [0.15, 0.2) is 84.2 Å². The molecule has 5 nitrogen and oxygen atoms in total. The standard InChI is InChI=1S/C25H16N2O3S/c28-23(19-9-3-7-16-8-4-10-20(22(16)19)24(29)30)27-25-26-21(14-31-25)18-12-11-15-5-1-2-6-17(15)13-18/h1-14H,(H,29,30)(H,26,27,28). The van der Waals surface area contributed by atoms with Gasteiger partial charge in [-0.2, -0.15) is 0 Å². The molecule has 0 atom stereocenters. The Labute approximate surface area is 181 Å². The molecule has 0 spiro atoms. The van der Waals surface area contributed by atoms with Gasteiger partial charge >= 0.3 is 5.97 Å². The topological polar surface area (TPSA) is 79.3 Å². The van der Waals surface area contributed by atoms with Crippen LogP contribution in [0.2, 0.25) is 0 Å². The van der Waals surface area contributed by atoms with Gasteiger partial charge in [0.05, 0.1) is 11.3 Å². The van der Waals surface area contributed by atoms with Crippen LogP contribution in [0.25, 0.3) is 32.8 Å². The molecular formula is C25H16N2O3S. The van der Waals surface area contributed by atoms with Gasteiger partial charge in [0.1, 0.15) is 0 Å². The summed E-state index contributed by atoms with van der Waals surface area (Å²) in [5, 5.41) is 18.1. The lowest BCUT2D eigenvalue weighted by Gasteiger charge is -2.09. The first-order valence-corrected chi connectivity index (χ1v) is 10.5. The van der Waals surface area contributed by atoms with Crippen molar-refractivity contribution in [2.45, 2.75) is 0 Å². The highest BCUT2D eigenvalue weighted by atomic mass is 32.1. The molecule has 0 unspecified atom stereocenters. The third kappa shape index (κ3) is 3.53. The van der Waals surface area contributed by atoms with Gasteiger partial charge in [-0.25, -0.2) is 9.78 Å². The molecule has 4 aromatic carbocycles. The molecule has 1 aromatic heterocycles. The summed E-state index contributed by atoms with van der Waals surface area (Å²) in [6.45, 7) is 0. The van der Waals surface area contributed by atoms with Crippen molar-refractivity contribution in [1.82, 2.24) is 4.98 Å². The number of rotatable bonds is 4. The third-order valence-corrected chi connectivity index (χ3v) is 5.91. The highest BCUT2D eigenvalue weighted by Crippen LogP contribution is 2.29. The Bertz CT molecular complexity index is 1470. The minimum atomic E-state index is -1.07. The summed E-state index contributed by atoms with van der Waals surface area (Å²) in [6.07, 6.45) is 0. The maximum absolute atomic E-state index is 13.0. The molecule has 1 heterocycles. The molecule has 1 amide bonds. The highest BCUT2D eigenvalue weighted by Gasteiger charge is 2.17. The van der Waals surface area contributed by atoms with E-state index in [-0.39, 0.29) is 5.56 Å². The number of nitrogens with one attached hydrogen (secondary N) is 1. The van der Waals surface area contributed by atoms with E-state index in [0.29, 0.717) is 21.5 Å². The van der Waals surface area contributed by atoms with E-state index in [0.717, 1.165) is 22.0 Å². The first-order valence-electron chi connectivity index (χ1n) is 9.61. The second-order valence-electron chi connectivity index (χ2n) is 7.07. The van der Waals surface area contributed by atoms with Crippen molar-refractivity contribution in [3.05, 3.63) is 95.4 Å². The number of carbonyl (C=O) groups excluding carboxylic acids is 1. The van der Waals surface area contributed by atoms with Gasteiger partial charge < -0.3 is 5.11 Å². The number of aromatic nitrogens is 1. The second kappa shape index (κ2) is 7.66. The Morgan fingerprint density at radius 2 is 1.52 bits per heavy atom. The second-order valence-corrected chi connectivity index (χ2v) is 7.93. The lowest BCUT2D eigenvalue weighted by atomic mass is 9.99. The van der Waals surface area contributed by atoms with Gasteiger partial charge in [0.2, 0.25) is 0 Å². The van der Waals surface area contributed by atoms with Crippen LogP contribution >= 0.6 is 11.3 Å². The smallest absolute Gasteiger partial charge is 0.336 e. The molecule has 0 radical (unpaired) electrons. The Morgan fingerprint density at radius 1 is 0.806 bits per heavy atom. The van der Waals surface area contributed by atoms with Gasteiger partial charge in [-0.05, 0) is 34.4 Å². The molecule has 0 saturated heterocycles. The summed E-state index contributed by atoms with van der Waals surface area (Å²) in [7, 11) is 0. The van der Waals surface area contributed by atoms with Crippen molar-refractivity contribution in [3.63, 3.8) is 0 Å². The Morgan fingerprint density at radius 3 is 2.29 bits per heavy atom. The predicted molar refractivity (Wildman–Crippen MR) is 124 cm³/mol. The normalized spacial score (nSPS) is 11.0. The maximum atomic E-state index is 13.0. The molecular weight excluding hydrogens is 408 g/mol. The number of benzene rings is 4. The fraction of sp³-hybridized carbons (Fsp3) is 0. The van der Waals surface area contributed by atoms with E-state index in [2.05, 4.69) is 28.5 Å². The Balaban J connectivity index is 1.47. The quantitative estimate of drug-likeness (QED) is 0.367. The molecule has 0 saturated carbocycles. The van der Waals surface area contributed by atoms with Crippen LogP contribution in [-0.4, -0.2) is 22.0 Å². The highest BCUT2D eigenvalue weighted by molar-refractivity contribution is 7.14. The molecule has 0 fully saturated rings. The summed E-state index contributed by atoms with van der Waals surface area (Å²) < 4.78 is 0. The van der Waals surface area contributed by atoms with E-state index >= 15 is 0 Å². The molecule has 2 N–H and O–H groups in total. The number of carboxylic acids is 1. The zero-order valence-electron chi connectivity index (χ0n) is 16.2. The summed E-state index contributed by atoms with van der Waals surface area (Å²) in [4.78, 5) is 29.2. The lowest BCUT2D eigenvalue weighted by molar-refractivity contribution is 0.0699. The van der Waals surface area contributed by atoms with Crippen LogP contribution in [0.1, 0.15) is 20.7 Å².